The van der Waals surface area contributed by atoms with Crippen molar-refractivity contribution in [2.45, 2.75) is 6.04 Å². The van der Waals surface area contributed by atoms with Gasteiger partial charge in [-0.25, -0.2) is 4.79 Å². The van der Waals surface area contributed by atoms with Gasteiger partial charge in [0.1, 0.15) is 12.4 Å². The van der Waals surface area contributed by atoms with Crippen LogP contribution in [0.15, 0.2) is 45.6 Å². The number of para-hydroxylation sites is 1. The van der Waals surface area contributed by atoms with E-state index >= 15 is 0 Å². The summed E-state index contributed by atoms with van der Waals surface area (Å²) in [6, 6.07) is 11.3. The minimum Gasteiger partial charge on any atom is -0.491 e. The topological polar surface area (TPSA) is 93.3 Å². The number of benzene rings is 2. The average Bonchev–Trinajstić information content (AvgIpc) is 3.02. The van der Waals surface area contributed by atoms with Crippen LogP contribution in [0.3, 0.4) is 0 Å². The lowest BCUT2D eigenvalue weighted by atomic mass is 10.1. The molecule has 6 heteroatoms. The Hall–Kier alpha value is -2.89. The highest BCUT2D eigenvalue weighted by atomic mass is 16.5. The molecule has 0 amide bonds. The molecule has 0 aliphatic carbocycles. The van der Waals surface area contributed by atoms with E-state index in [1.807, 2.05) is 24.3 Å². The molecule has 4 N–H and O–H groups in total. The maximum atomic E-state index is 11.2. The third kappa shape index (κ3) is 1.92. The molecule has 0 saturated carbocycles. The average molecular weight is 283 g/mol. The smallest absolute Gasteiger partial charge is 0.417 e. The summed E-state index contributed by atoms with van der Waals surface area (Å²) in [5, 5.41) is 3.35. The standard InChI is InChI=1S/C15H13N3O3/c16-9-5-14-11(18-15(19)21-14)6-10(9)17-12-7-20-13-4-2-1-3-8(12)13/h1-6,12,17H,7,16H2,(H,18,19). The van der Waals surface area contributed by atoms with Gasteiger partial charge in [0.25, 0.3) is 0 Å². The largest absolute Gasteiger partial charge is 0.491 e. The van der Waals surface area contributed by atoms with Crippen LogP contribution in [0.2, 0.25) is 0 Å². The molecule has 1 aliphatic rings. The molecule has 0 bridgehead atoms. The van der Waals surface area contributed by atoms with Gasteiger partial charge in [-0.15, -0.1) is 0 Å². The molecule has 0 radical (unpaired) electrons. The van der Waals surface area contributed by atoms with E-state index in [-0.39, 0.29) is 6.04 Å². The highest BCUT2D eigenvalue weighted by molar-refractivity contribution is 5.85. The van der Waals surface area contributed by atoms with Gasteiger partial charge >= 0.3 is 5.76 Å². The summed E-state index contributed by atoms with van der Waals surface area (Å²) in [6.07, 6.45) is 0. The van der Waals surface area contributed by atoms with Gasteiger partial charge in [-0.3, -0.25) is 4.98 Å². The second-order valence-corrected chi connectivity index (χ2v) is 5.00. The number of nitrogen functional groups attached to an aromatic ring is 1. The minimum absolute atomic E-state index is 0.0274. The highest BCUT2D eigenvalue weighted by Crippen LogP contribution is 2.36. The normalized spacial score (nSPS) is 16.7. The number of ether oxygens (including phenoxy) is 1. The van der Waals surface area contributed by atoms with Crippen molar-refractivity contribution in [1.29, 1.82) is 0 Å². The lowest BCUT2D eigenvalue weighted by Gasteiger charge is -2.15. The molecule has 0 saturated heterocycles. The molecule has 3 aromatic rings. The van der Waals surface area contributed by atoms with Crippen molar-refractivity contribution in [3.05, 3.63) is 52.5 Å². The van der Waals surface area contributed by atoms with Gasteiger partial charge in [-0.2, -0.15) is 0 Å². The number of H-pyrrole nitrogens is 1. The zero-order chi connectivity index (χ0) is 14.4. The van der Waals surface area contributed by atoms with Crippen LogP contribution in [0.4, 0.5) is 11.4 Å². The third-order valence-corrected chi connectivity index (χ3v) is 3.62. The minimum atomic E-state index is -0.490. The fourth-order valence-electron chi connectivity index (χ4n) is 2.61. The highest BCUT2D eigenvalue weighted by Gasteiger charge is 2.24. The molecule has 2 heterocycles. The molecule has 6 nitrogen and oxygen atoms in total. The summed E-state index contributed by atoms with van der Waals surface area (Å²) < 4.78 is 10.6. The molecule has 0 spiro atoms. The third-order valence-electron chi connectivity index (χ3n) is 3.62. The van der Waals surface area contributed by atoms with E-state index in [1.54, 1.807) is 12.1 Å². The van der Waals surface area contributed by atoms with Crippen LogP contribution in [0, 0.1) is 0 Å². The number of aromatic nitrogens is 1. The number of nitrogens with one attached hydrogen (secondary N) is 2. The SMILES string of the molecule is Nc1cc2oc(=O)[nH]c2cc1NC1COc2ccccc21. The molecule has 2 aromatic carbocycles. The molecule has 1 aliphatic heterocycles. The second-order valence-electron chi connectivity index (χ2n) is 5.00. The fourth-order valence-corrected chi connectivity index (χ4v) is 2.61. The van der Waals surface area contributed by atoms with Crippen LogP contribution in [-0.4, -0.2) is 11.6 Å². The number of nitrogens with two attached hydrogens (primary N) is 1. The molecule has 1 unspecified atom stereocenters. The lowest BCUT2D eigenvalue weighted by Crippen LogP contribution is -2.13. The second kappa shape index (κ2) is 4.31. The summed E-state index contributed by atoms with van der Waals surface area (Å²) in [6.45, 7) is 0.540. The predicted molar refractivity (Wildman–Crippen MR) is 79.5 cm³/mol. The summed E-state index contributed by atoms with van der Waals surface area (Å²) in [4.78, 5) is 13.8. The van der Waals surface area contributed by atoms with Crippen molar-refractivity contribution in [2.24, 2.45) is 0 Å². The van der Waals surface area contributed by atoms with E-state index < -0.39 is 5.76 Å². The predicted octanol–water partition coefficient (Wildman–Crippen LogP) is 2.25. The van der Waals surface area contributed by atoms with E-state index in [0.29, 0.717) is 23.4 Å². The van der Waals surface area contributed by atoms with E-state index in [2.05, 4.69) is 10.3 Å². The molecule has 21 heavy (non-hydrogen) atoms. The van der Waals surface area contributed by atoms with Crippen molar-refractivity contribution >= 4 is 22.5 Å². The Morgan fingerprint density at radius 2 is 2.14 bits per heavy atom. The molecular weight excluding hydrogens is 270 g/mol. The van der Waals surface area contributed by atoms with Gasteiger partial charge in [-0.1, -0.05) is 18.2 Å². The maximum absolute atomic E-state index is 11.2. The van der Waals surface area contributed by atoms with Crippen LogP contribution < -0.4 is 21.5 Å². The maximum Gasteiger partial charge on any atom is 0.417 e. The number of fused-ring (bicyclic) bond motifs is 2. The molecule has 1 aromatic heterocycles. The van der Waals surface area contributed by atoms with E-state index in [0.717, 1.165) is 17.0 Å². The van der Waals surface area contributed by atoms with Crippen molar-refractivity contribution < 1.29 is 9.15 Å². The van der Waals surface area contributed by atoms with Crippen molar-refractivity contribution in [3.63, 3.8) is 0 Å². The molecule has 1 atom stereocenters. The van der Waals surface area contributed by atoms with Gasteiger partial charge < -0.3 is 20.2 Å². The van der Waals surface area contributed by atoms with Crippen molar-refractivity contribution in [3.8, 4) is 5.75 Å². The van der Waals surface area contributed by atoms with E-state index in [4.69, 9.17) is 14.9 Å². The lowest BCUT2D eigenvalue weighted by molar-refractivity contribution is 0.340. The Morgan fingerprint density at radius 3 is 3.05 bits per heavy atom. The Balaban J connectivity index is 1.72. The van der Waals surface area contributed by atoms with Crippen LogP contribution in [0.1, 0.15) is 11.6 Å². The number of hydrogen-bond donors (Lipinski definition) is 3. The first-order valence-corrected chi connectivity index (χ1v) is 6.61. The van der Waals surface area contributed by atoms with Gasteiger partial charge in [0.2, 0.25) is 0 Å². The molecule has 106 valence electrons. The number of rotatable bonds is 2. The molecular formula is C15H13N3O3. The first-order valence-electron chi connectivity index (χ1n) is 6.61. The Kier molecular flexibility index (Phi) is 2.44. The summed E-state index contributed by atoms with van der Waals surface area (Å²) in [5.41, 5.74) is 9.44. The molecule has 4 rings (SSSR count). The van der Waals surface area contributed by atoms with Gasteiger partial charge in [0.05, 0.1) is 22.9 Å². The Labute approximate surface area is 119 Å². The first-order chi connectivity index (χ1) is 10.2. The number of hydrogen-bond acceptors (Lipinski definition) is 5. The van der Waals surface area contributed by atoms with Crippen LogP contribution >= 0.6 is 0 Å². The number of anilines is 2. The molecule has 0 fully saturated rings. The number of oxazole rings is 1. The number of aromatic amines is 1. The zero-order valence-corrected chi connectivity index (χ0v) is 11.1. The van der Waals surface area contributed by atoms with Crippen molar-refractivity contribution in [1.82, 2.24) is 4.98 Å². The summed E-state index contributed by atoms with van der Waals surface area (Å²) >= 11 is 0. The monoisotopic (exact) mass is 283 g/mol. The van der Waals surface area contributed by atoms with E-state index in [9.17, 15) is 4.79 Å². The fraction of sp³-hybridized carbons (Fsp3) is 0.133. The summed E-state index contributed by atoms with van der Waals surface area (Å²) in [7, 11) is 0. The van der Waals surface area contributed by atoms with Crippen LogP contribution in [0.25, 0.3) is 11.1 Å². The first kappa shape index (κ1) is 11.9. The van der Waals surface area contributed by atoms with Crippen LogP contribution in [0.5, 0.6) is 5.75 Å². The van der Waals surface area contributed by atoms with E-state index in [1.165, 1.54) is 0 Å². The van der Waals surface area contributed by atoms with Crippen molar-refractivity contribution in [2.75, 3.05) is 17.7 Å². The van der Waals surface area contributed by atoms with Gasteiger partial charge in [-0.05, 0) is 12.1 Å². The van der Waals surface area contributed by atoms with Gasteiger partial charge in [0, 0.05) is 11.6 Å². The van der Waals surface area contributed by atoms with Crippen LogP contribution in [-0.2, 0) is 0 Å². The Bertz CT molecular complexity index is 881. The van der Waals surface area contributed by atoms with Gasteiger partial charge in [0.15, 0.2) is 5.58 Å². The Morgan fingerprint density at radius 1 is 1.29 bits per heavy atom. The summed E-state index contributed by atoms with van der Waals surface area (Å²) in [5.74, 6) is 0.391. The quantitative estimate of drug-likeness (QED) is 0.627. The zero-order valence-electron chi connectivity index (χ0n) is 11.1.